The summed E-state index contributed by atoms with van der Waals surface area (Å²) in [6.07, 6.45) is 4.74. The van der Waals surface area contributed by atoms with Crippen LogP contribution in [0.2, 0.25) is 0 Å². The molecule has 0 atom stereocenters. The maximum atomic E-state index is 12.9. The Hall–Kier alpha value is -4.34. The number of nitriles is 2. The minimum atomic E-state index is -0.815. The van der Waals surface area contributed by atoms with Crippen LogP contribution in [0.5, 0.6) is 0 Å². The maximum absolute atomic E-state index is 12.9. The van der Waals surface area contributed by atoms with Crippen molar-refractivity contribution in [1.29, 1.82) is 10.5 Å². The van der Waals surface area contributed by atoms with Crippen molar-refractivity contribution < 1.29 is 9.53 Å². The van der Waals surface area contributed by atoms with Crippen LogP contribution in [0.1, 0.15) is 41.2 Å². The molecule has 1 amide bonds. The highest BCUT2D eigenvalue weighted by Crippen LogP contribution is 2.28. The van der Waals surface area contributed by atoms with Crippen molar-refractivity contribution in [2.75, 3.05) is 30.9 Å². The lowest BCUT2D eigenvalue weighted by atomic mass is 9.90. The van der Waals surface area contributed by atoms with Gasteiger partial charge in [0.25, 0.3) is 5.91 Å². The first kappa shape index (κ1) is 24.3. The second-order valence-corrected chi connectivity index (χ2v) is 8.13. The number of aryl methyl sites for hydroxylation is 1. The van der Waals surface area contributed by atoms with E-state index in [0.717, 1.165) is 11.3 Å². The summed E-state index contributed by atoms with van der Waals surface area (Å²) in [7, 11) is 1.60. The standard InChI is InChI=1S/C25H25N7O2/c1-16-21(19-9-18(12-26)23(31-13-19)29-7-8-34-4)11-20(14-30-16)32-24(33)17-5-6-28-22(10-17)25(2,3)15-27/h5-6,9-11,13-14H,7-8H2,1-4H3,(H,29,31)(H,32,33). The molecule has 0 aliphatic heterocycles. The van der Waals surface area contributed by atoms with Crippen LogP contribution in [0.3, 0.4) is 0 Å². The minimum absolute atomic E-state index is 0.345. The molecule has 0 saturated heterocycles. The first-order valence-electron chi connectivity index (χ1n) is 10.6. The molecule has 0 aromatic carbocycles. The predicted octanol–water partition coefficient (Wildman–Crippen LogP) is 3.83. The Morgan fingerprint density at radius 1 is 1.15 bits per heavy atom. The largest absolute Gasteiger partial charge is 0.383 e. The highest BCUT2D eigenvalue weighted by Gasteiger charge is 2.22. The number of amides is 1. The van der Waals surface area contributed by atoms with Crippen molar-refractivity contribution in [2.24, 2.45) is 0 Å². The van der Waals surface area contributed by atoms with Gasteiger partial charge in [-0.05, 0) is 45.0 Å². The van der Waals surface area contributed by atoms with Crippen LogP contribution < -0.4 is 10.6 Å². The lowest BCUT2D eigenvalue weighted by molar-refractivity contribution is 0.102. The second kappa shape index (κ2) is 10.5. The number of hydrogen-bond donors (Lipinski definition) is 2. The van der Waals surface area contributed by atoms with Gasteiger partial charge < -0.3 is 15.4 Å². The number of pyridine rings is 3. The number of carbonyl (C=O) groups excluding carboxylic acids is 1. The topological polar surface area (TPSA) is 137 Å². The van der Waals surface area contributed by atoms with E-state index in [9.17, 15) is 15.3 Å². The molecule has 3 heterocycles. The summed E-state index contributed by atoms with van der Waals surface area (Å²) < 4.78 is 5.02. The fraction of sp³-hybridized carbons (Fsp3) is 0.280. The number of hydrogen-bond acceptors (Lipinski definition) is 8. The summed E-state index contributed by atoms with van der Waals surface area (Å²) >= 11 is 0. The summed E-state index contributed by atoms with van der Waals surface area (Å²) in [5.74, 6) is 0.134. The van der Waals surface area contributed by atoms with E-state index in [2.05, 4.69) is 37.7 Å². The van der Waals surface area contributed by atoms with Gasteiger partial charge in [-0.3, -0.25) is 14.8 Å². The number of anilines is 2. The van der Waals surface area contributed by atoms with Crippen LogP contribution in [-0.4, -0.2) is 41.1 Å². The Bertz CT molecular complexity index is 1290. The van der Waals surface area contributed by atoms with E-state index >= 15 is 0 Å². The molecular formula is C25H25N7O2. The van der Waals surface area contributed by atoms with E-state index in [4.69, 9.17) is 4.74 Å². The molecule has 0 saturated carbocycles. The van der Waals surface area contributed by atoms with Crippen LogP contribution in [0.15, 0.2) is 42.9 Å². The van der Waals surface area contributed by atoms with Crippen LogP contribution in [0, 0.1) is 29.6 Å². The third-order valence-electron chi connectivity index (χ3n) is 5.20. The minimum Gasteiger partial charge on any atom is -0.383 e. The quantitative estimate of drug-likeness (QED) is 0.489. The Morgan fingerprint density at radius 3 is 2.65 bits per heavy atom. The molecular weight excluding hydrogens is 430 g/mol. The Labute approximate surface area is 198 Å². The van der Waals surface area contributed by atoms with Gasteiger partial charge in [0.2, 0.25) is 0 Å². The van der Waals surface area contributed by atoms with Crippen molar-refractivity contribution in [2.45, 2.75) is 26.2 Å². The third-order valence-corrected chi connectivity index (χ3v) is 5.20. The average molecular weight is 456 g/mol. The number of methoxy groups -OCH3 is 1. The summed E-state index contributed by atoms with van der Waals surface area (Å²) in [6.45, 7) is 6.36. The number of carbonyl (C=O) groups is 1. The first-order chi connectivity index (χ1) is 16.3. The maximum Gasteiger partial charge on any atom is 0.255 e. The molecule has 0 aliphatic rings. The van der Waals surface area contributed by atoms with Gasteiger partial charge >= 0.3 is 0 Å². The number of aromatic nitrogens is 3. The Morgan fingerprint density at radius 2 is 1.94 bits per heavy atom. The van der Waals surface area contributed by atoms with Gasteiger partial charge in [0.1, 0.15) is 11.9 Å². The zero-order chi connectivity index (χ0) is 24.7. The molecule has 34 heavy (non-hydrogen) atoms. The Balaban J connectivity index is 1.86. The predicted molar refractivity (Wildman–Crippen MR) is 128 cm³/mol. The fourth-order valence-corrected chi connectivity index (χ4v) is 3.18. The third kappa shape index (κ3) is 5.52. The lowest BCUT2D eigenvalue weighted by Gasteiger charge is -2.15. The molecule has 0 radical (unpaired) electrons. The van der Waals surface area contributed by atoms with E-state index in [-0.39, 0.29) is 5.91 Å². The highest BCUT2D eigenvalue weighted by atomic mass is 16.5. The van der Waals surface area contributed by atoms with E-state index in [1.807, 2.05) is 6.92 Å². The second-order valence-electron chi connectivity index (χ2n) is 8.13. The molecule has 2 N–H and O–H groups in total. The lowest BCUT2D eigenvalue weighted by Crippen LogP contribution is -2.18. The molecule has 0 unspecified atom stereocenters. The normalized spacial score (nSPS) is 10.8. The number of rotatable bonds is 8. The Kier molecular flexibility index (Phi) is 7.52. The van der Waals surface area contributed by atoms with Crippen LogP contribution in [-0.2, 0) is 10.2 Å². The van der Waals surface area contributed by atoms with Crippen molar-refractivity contribution in [3.8, 4) is 23.3 Å². The monoisotopic (exact) mass is 455 g/mol. The summed E-state index contributed by atoms with van der Waals surface area (Å²) in [6, 6.07) is 11.1. The molecule has 9 heteroatoms. The molecule has 9 nitrogen and oxygen atoms in total. The zero-order valence-corrected chi connectivity index (χ0v) is 19.5. The van der Waals surface area contributed by atoms with Gasteiger partial charge in [0.05, 0.1) is 41.2 Å². The van der Waals surface area contributed by atoms with Crippen LogP contribution in [0.25, 0.3) is 11.1 Å². The molecule has 3 rings (SSSR count). The summed E-state index contributed by atoms with van der Waals surface area (Å²) in [4.78, 5) is 25.9. The number of ether oxygens (including phenoxy) is 1. The molecule has 172 valence electrons. The fourth-order valence-electron chi connectivity index (χ4n) is 3.18. The van der Waals surface area contributed by atoms with Crippen molar-refractivity contribution in [3.05, 3.63) is 65.4 Å². The van der Waals surface area contributed by atoms with E-state index in [1.165, 1.54) is 6.20 Å². The average Bonchev–Trinajstić information content (AvgIpc) is 2.85. The highest BCUT2D eigenvalue weighted by molar-refractivity contribution is 6.04. The van der Waals surface area contributed by atoms with Gasteiger partial charge in [-0.2, -0.15) is 10.5 Å². The molecule has 0 spiro atoms. The van der Waals surface area contributed by atoms with Crippen molar-refractivity contribution in [3.63, 3.8) is 0 Å². The number of nitrogens with zero attached hydrogens (tertiary/aromatic N) is 5. The smallest absolute Gasteiger partial charge is 0.255 e. The zero-order valence-electron chi connectivity index (χ0n) is 19.5. The van der Waals surface area contributed by atoms with Gasteiger partial charge in [-0.25, -0.2) is 4.98 Å². The molecule has 0 bridgehead atoms. The SMILES string of the molecule is COCCNc1ncc(-c2cc(NC(=O)c3ccnc(C(C)(C)C#N)c3)cnc2C)cc1C#N. The van der Waals surface area contributed by atoms with Crippen molar-refractivity contribution in [1.82, 2.24) is 15.0 Å². The molecule has 3 aromatic heterocycles. The summed E-state index contributed by atoms with van der Waals surface area (Å²) in [5, 5.41) is 24.8. The number of nitrogens with one attached hydrogen (secondary N) is 2. The van der Waals surface area contributed by atoms with Crippen LogP contribution in [0.4, 0.5) is 11.5 Å². The van der Waals surface area contributed by atoms with E-state index < -0.39 is 5.41 Å². The van der Waals surface area contributed by atoms with Gasteiger partial charge in [0, 0.05) is 48.4 Å². The molecule has 0 fully saturated rings. The van der Waals surface area contributed by atoms with Crippen LogP contribution >= 0.6 is 0 Å². The van der Waals surface area contributed by atoms with E-state index in [0.29, 0.717) is 47.0 Å². The van der Waals surface area contributed by atoms with Gasteiger partial charge in [-0.15, -0.1) is 0 Å². The summed E-state index contributed by atoms with van der Waals surface area (Å²) in [5.41, 5.74) is 3.14. The van der Waals surface area contributed by atoms with Gasteiger partial charge in [0.15, 0.2) is 0 Å². The first-order valence-corrected chi connectivity index (χ1v) is 10.6. The van der Waals surface area contributed by atoms with E-state index in [1.54, 1.807) is 57.6 Å². The van der Waals surface area contributed by atoms with Crippen molar-refractivity contribution >= 4 is 17.4 Å². The molecule has 0 aliphatic carbocycles. The molecule has 3 aromatic rings. The van der Waals surface area contributed by atoms with Gasteiger partial charge in [-0.1, -0.05) is 0 Å².